The molecule has 4 aromatic rings. The fourth-order valence-electron chi connectivity index (χ4n) is 3.10. The van der Waals surface area contributed by atoms with Gasteiger partial charge < -0.3 is 5.11 Å². The molecule has 0 aliphatic carbocycles. The standard InChI is InChI=1S/C21H15ClFN3O/c22-16-12-15(21(27)20-13(16)7-5-11-25-20)19(14-6-1-2-8-17(14)23)26-18-9-3-4-10-24-18/h1-12,19,27H,(H,24,26)/p+1/t19-/m1/s1. The van der Waals surface area contributed by atoms with Crippen LogP contribution in [0.1, 0.15) is 17.2 Å². The molecule has 6 heteroatoms. The number of H-pyrrole nitrogens is 1. The Bertz CT molecular complexity index is 1110. The van der Waals surface area contributed by atoms with E-state index in [0.717, 1.165) is 0 Å². The molecule has 0 radical (unpaired) electrons. The Morgan fingerprint density at radius 2 is 1.85 bits per heavy atom. The molecular weight excluding hydrogens is 365 g/mol. The third-order valence-corrected chi connectivity index (χ3v) is 4.69. The maximum absolute atomic E-state index is 14.6. The lowest BCUT2D eigenvalue weighted by atomic mass is 9.95. The number of aromatic hydroxyl groups is 1. The monoisotopic (exact) mass is 380 g/mol. The summed E-state index contributed by atoms with van der Waals surface area (Å²) in [5.41, 5.74) is 1.20. The van der Waals surface area contributed by atoms with E-state index in [1.165, 1.54) is 6.07 Å². The molecule has 4 nitrogen and oxygen atoms in total. The normalized spacial score (nSPS) is 12.1. The van der Waals surface area contributed by atoms with Crippen molar-refractivity contribution in [3.63, 3.8) is 0 Å². The van der Waals surface area contributed by atoms with Gasteiger partial charge in [-0.2, -0.15) is 0 Å². The van der Waals surface area contributed by atoms with Crippen molar-refractivity contribution in [3.8, 4) is 5.75 Å². The van der Waals surface area contributed by atoms with Crippen LogP contribution < -0.4 is 10.3 Å². The summed E-state index contributed by atoms with van der Waals surface area (Å²) in [6.07, 6.45) is 3.34. The van der Waals surface area contributed by atoms with Crippen LogP contribution in [-0.2, 0) is 0 Å². The summed E-state index contributed by atoms with van der Waals surface area (Å²) in [5, 5.41) is 15.2. The van der Waals surface area contributed by atoms with E-state index in [-0.39, 0.29) is 11.6 Å². The van der Waals surface area contributed by atoms with Crippen molar-refractivity contribution in [2.45, 2.75) is 6.04 Å². The Hall–Kier alpha value is -3.18. The maximum Gasteiger partial charge on any atom is 0.272 e. The lowest BCUT2D eigenvalue weighted by Crippen LogP contribution is -2.20. The van der Waals surface area contributed by atoms with Gasteiger partial charge in [0.15, 0.2) is 6.04 Å². The molecule has 0 saturated heterocycles. The van der Waals surface area contributed by atoms with E-state index in [4.69, 9.17) is 11.6 Å². The predicted molar refractivity (Wildman–Crippen MR) is 103 cm³/mol. The Morgan fingerprint density at radius 3 is 2.63 bits per heavy atom. The SMILES string of the molecule is Oc1c([C@H](Nc2cccc[nH+]2)c2ccccc2F)cc(Cl)c2cccnc12. The molecule has 27 heavy (non-hydrogen) atoms. The number of benzene rings is 2. The quantitative estimate of drug-likeness (QED) is 0.537. The summed E-state index contributed by atoms with van der Waals surface area (Å²) in [4.78, 5) is 7.31. The van der Waals surface area contributed by atoms with Gasteiger partial charge in [0.2, 0.25) is 0 Å². The van der Waals surface area contributed by atoms with E-state index in [1.54, 1.807) is 48.8 Å². The van der Waals surface area contributed by atoms with Gasteiger partial charge in [-0.3, -0.25) is 10.3 Å². The Morgan fingerprint density at radius 1 is 1.04 bits per heavy atom. The second kappa shape index (κ2) is 7.21. The zero-order valence-electron chi connectivity index (χ0n) is 14.2. The number of hydrogen-bond acceptors (Lipinski definition) is 3. The first kappa shape index (κ1) is 17.2. The van der Waals surface area contributed by atoms with E-state index in [2.05, 4.69) is 15.3 Å². The molecule has 0 unspecified atom stereocenters. The van der Waals surface area contributed by atoms with Crippen LogP contribution in [0.2, 0.25) is 5.02 Å². The van der Waals surface area contributed by atoms with Gasteiger partial charge in [0.25, 0.3) is 5.82 Å². The van der Waals surface area contributed by atoms with E-state index in [9.17, 15) is 9.50 Å². The number of fused-ring (bicyclic) bond motifs is 1. The number of nitrogens with zero attached hydrogens (tertiary/aromatic N) is 1. The van der Waals surface area contributed by atoms with Crippen LogP contribution in [0.4, 0.5) is 10.2 Å². The second-order valence-electron chi connectivity index (χ2n) is 6.07. The Kier molecular flexibility index (Phi) is 4.60. The van der Waals surface area contributed by atoms with E-state index in [0.29, 0.717) is 32.9 Å². The van der Waals surface area contributed by atoms with Crippen molar-refractivity contribution in [1.29, 1.82) is 0 Å². The number of hydrogen-bond donors (Lipinski definition) is 2. The molecular formula is C21H16ClFN3O+. The molecule has 0 aliphatic rings. The van der Waals surface area contributed by atoms with E-state index < -0.39 is 6.04 Å². The minimum Gasteiger partial charge on any atom is -0.505 e. The number of phenols is 1. The van der Waals surface area contributed by atoms with Gasteiger partial charge in [-0.1, -0.05) is 35.9 Å². The number of pyridine rings is 2. The van der Waals surface area contributed by atoms with Crippen molar-refractivity contribution in [3.05, 3.63) is 95.0 Å². The average Bonchev–Trinajstić information content (AvgIpc) is 2.71. The number of phenolic OH excluding ortho intramolecular Hbond substituents is 1. The van der Waals surface area contributed by atoms with Crippen LogP contribution in [0, 0.1) is 5.82 Å². The molecule has 0 spiro atoms. The van der Waals surface area contributed by atoms with Gasteiger partial charge >= 0.3 is 0 Å². The fraction of sp³-hybridized carbons (Fsp3) is 0.0476. The molecule has 0 bridgehead atoms. The maximum atomic E-state index is 14.6. The number of rotatable bonds is 4. The molecule has 2 aromatic carbocycles. The minimum atomic E-state index is -0.672. The van der Waals surface area contributed by atoms with Gasteiger partial charge in [0.1, 0.15) is 17.1 Å². The van der Waals surface area contributed by atoms with Crippen molar-refractivity contribution in [1.82, 2.24) is 4.98 Å². The van der Waals surface area contributed by atoms with Gasteiger partial charge in [0.05, 0.1) is 11.2 Å². The number of nitrogens with one attached hydrogen (secondary N) is 2. The summed E-state index contributed by atoms with van der Waals surface area (Å²) in [6, 6.07) is 16.5. The highest BCUT2D eigenvalue weighted by atomic mass is 35.5. The van der Waals surface area contributed by atoms with Crippen molar-refractivity contribution in [2.75, 3.05) is 5.32 Å². The van der Waals surface area contributed by atoms with E-state index in [1.807, 2.05) is 18.2 Å². The first-order valence-electron chi connectivity index (χ1n) is 8.39. The van der Waals surface area contributed by atoms with Crippen LogP contribution in [0.5, 0.6) is 5.75 Å². The van der Waals surface area contributed by atoms with Crippen molar-refractivity contribution >= 4 is 28.3 Å². The van der Waals surface area contributed by atoms with Gasteiger partial charge in [0, 0.05) is 28.8 Å². The summed E-state index contributed by atoms with van der Waals surface area (Å²) in [5.74, 6) is 0.247. The Labute approximate surface area is 160 Å². The van der Waals surface area contributed by atoms with Crippen LogP contribution in [0.15, 0.2) is 73.1 Å². The minimum absolute atomic E-state index is 0.0355. The first-order chi connectivity index (χ1) is 13.1. The molecule has 0 fully saturated rings. The van der Waals surface area contributed by atoms with Gasteiger partial charge in [-0.25, -0.2) is 9.37 Å². The molecule has 0 amide bonds. The molecule has 2 aromatic heterocycles. The van der Waals surface area contributed by atoms with Crippen LogP contribution in [-0.4, -0.2) is 10.1 Å². The zero-order chi connectivity index (χ0) is 18.8. The Balaban J connectivity index is 1.92. The molecule has 0 saturated carbocycles. The highest BCUT2D eigenvalue weighted by Gasteiger charge is 2.27. The van der Waals surface area contributed by atoms with Gasteiger partial charge in [-0.15, -0.1) is 0 Å². The third-order valence-electron chi connectivity index (χ3n) is 4.38. The fourth-order valence-corrected chi connectivity index (χ4v) is 3.37. The number of halogens is 2. The lowest BCUT2D eigenvalue weighted by Gasteiger charge is -2.18. The van der Waals surface area contributed by atoms with Crippen molar-refractivity contribution in [2.24, 2.45) is 0 Å². The van der Waals surface area contributed by atoms with Crippen molar-refractivity contribution < 1.29 is 14.5 Å². The van der Waals surface area contributed by atoms with Crippen LogP contribution in [0.3, 0.4) is 0 Å². The zero-order valence-corrected chi connectivity index (χ0v) is 14.9. The van der Waals surface area contributed by atoms with E-state index >= 15 is 0 Å². The summed E-state index contributed by atoms with van der Waals surface area (Å²) < 4.78 is 14.6. The third kappa shape index (κ3) is 3.29. The summed E-state index contributed by atoms with van der Waals surface area (Å²) >= 11 is 6.43. The summed E-state index contributed by atoms with van der Waals surface area (Å²) in [7, 11) is 0. The molecule has 2 heterocycles. The first-order valence-corrected chi connectivity index (χ1v) is 8.76. The largest absolute Gasteiger partial charge is 0.505 e. The van der Waals surface area contributed by atoms with Gasteiger partial charge in [-0.05, 0) is 30.3 Å². The highest BCUT2D eigenvalue weighted by molar-refractivity contribution is 6.35. The molecule has 1 atom stereocenters. The number of aromatic nitrogens is 2. The average molecular weight is 381 g/mol. The smallest absolute Gasteiger partial charge is 0.272 e. The predicted octanol–water partition coefficient (Wildman–Crippen LogP) is 4.75. The topological polar surface area (TPSA) is 59.3 Å². The summed E-state index contributed by atoms with van der Waals surface area (Å²) in [6.45, 7) is 0. The highest BCUT2D eigenvalue weighted by Crippen LogP contribution is 2.39. The molecule has 4 rings (SSSR count). The lowest BCUT2D eigenvalue weighted by molar-refractivity contribution is -0.361. The number of aromatic amines is 1. The molecule has 3 N–H and O–H groups in total. The number of anilines is 1. The molecule has 134 valence electrons. The van der Waals surface area contributed by atoms with Crippen LogP contribution in [0.25, 0.3) is 10.9 Å². The second-order valence-corrected chi connectivity index (χ2v) is 6.48. The van der Waals surface area contributed by atoms with Crippen LogP contribution >= 0.6 is 11.6 Å². The molecule has 0 aliphatic heterocycles.